The van der Waals surface area contributed by atoms with Crippen LogP contribution in [0.1, 0.15) is 43.2 Å². The number of rotatable bonds is 11. The normalized spacial score (nSPS) is 16.5. The van der Waals surface area contributed by atoms with E-state index in [1.165, 1.54) is 0 Å². The second kappa shape index (κ2) is 11.8. The van der Waals surface area contributed by atoms with Crippen molar-refractivity contribution in [2.75, 3.05) is 43.5 Å². The second-order valence-corrected chi connectivity index (χ2v) is 11.0. The lowest BCUT2D eigenvalue weighted by Crippen LogP contribution is -2.38. The largest absolute Gasteiger partial charge is 0.489 e. The average molecular weight is 582 g/mol. The Morgan fingerprint density at radius 2 is 2.00 bits per heavy atom. The third kappa shape index (κ3) is 7.20. The van der Waals surface area contributed by atoms with Gasteiger partial charge in [0.05, 0.1) is 30.6 Å². The number of nitrogens with two attached hydrogens (primary N) is 1. The van der Waals surface area contributed by atoms with Crippen LogP contribution in [0.5, 0.6) is 11.8 Å². The molecule has 1 saturated carbocycles. The van der Waals surface area contributed by atoms with Crippen LogP contribution < -0.4 is 25.4 Å². The molecule has 3 aromatic heterocycles. The first-order chi connectivity index (χ1) is 20.0. The molecule has 2 aliphatic rings. The van der Waals surface area contributed by atoms with E-state index >= 15 is 0 Å². The van der Waals surface area contributed by atoms with Gasteiger partial charge >= 0.3 is 6.01 Å². The zero-order valence-corrected chi connectivity index (χ0v) is 23.5. The Morgan fingerprint density at radius 1 is 1.24 bits per heavy atom. The minimum absolute atomic E-state index is 0.0730. The molecule has 0 radical (unpaired) electrons. The molecule has 0 aromatic carbocycles. The molecule has 0 spiro atoms. The van der Waals surface area contributed by atoms with Gasteiger partial charge in [0.2, 0.25) is 11.8 Å². The van der Waals surface area contributed by atoms with E-state index in [4.69, 9.17) is 21.6 Å². The minimum Gasteiger partial charge on any atom is -0.489 e. The van der Waals surface area contributed by atoms with Crippen molar-refractivity contribution in [1.29, 1.82) is 0 Å². The number of hydrogen-bond donors (Lipinski definition) is 2. The van der Waals surface area contributed by atoms with Crippen LogP contribution in [0.25, 0.3) is 11.3 Å². The third-order valence-corrected chi connectivity index (χ3v) is 7.26. The average Bonchev–Trinajstić information content (AvgIpc) is 3.64. The number of anilines is 2. The van der Waals surface area contributed by atoms with Crippen LogP contribution in [-0.2, 0) is 7.05 Å². The first-order valence-electron chi connectivity index (χ1n) is 13.7. The van der Waals surface area contributed by atoms with Crippen molar-refractivity contribution in [2.24, 2.45) is 18.4 Å². The molecule has 2 fully saturated rings. The number of alkyl halides is 2. The maximum absolute atomic E-state index is 13.3. The Morgan fingerprint density at radius 3 is 2.64 bits per heavy atom. The summed E-state index contributed by atoms with van der Waals surface area (Å²) >= 11 is 0. The highest BCUT2D eigenvalue weighted by Gasteiger charge is 2.42. The molecular weight excluding hydrogens is 548 g/mol. The number of amides is 1. The lowest BCUT2D eigenvalue weighted by molar-refractivity contribution is 0.0219. The fourth-order valence-corrected chi connectivity index (χ4v) is 4.43. The van der Waals surface area contributed by atoms with Crippen molar-refractivity contribution in [3.63, 3.8) is 0 Å². The highest BCUT2D eigenvalue weighted by Crippen LogP contribution is 2.44. The SMILES string of the molecule is C#CC1(COc2nc(C(=O)NCC(C)(F)F)nc(N3CCC(COc4cc(-c5cn(C)cn5)cnc4N)CC3)n2)CC1. The van der Waals surface area contributed by atoms with Gasteiger partial charge in [0.1, 0.15) is 6.61 Å². The predicted molar refractivity (Wildman–Crippen MR) is 150 cm³/mol. The number of carbonyl (C=O) groups is 1. The number of aryl methyl sites for hydroxylation is 1. The maximum atomic E-state index is 13.3. The molecule has 0 atom stereocenters. The molecule has 3 N–H and O–H groups in total. The van der Waals surface area contributed by atoms with Gasteiger partial charge in [0.15, 0.2) is 11.6 Å². The van der Waals surface area contributed by atoms with Gasteiger partial charge in [-0.15, -0.1) is 6.42 Å². The van der Waals surface area contributed by atoms with Gasteiger partial charge in [-0.3, -0.25) is 4.79 Å². The summed E-state index contributed by atoms with van der Waals surface area (Å²) in [5, 5.41) is 2.17. The summed E-state index contributed by atoms with van der Waals surface area (Å²) in [7, 11) is 1.89. The van der Waals surface area contributed by atoms with Crippen molar-refractivity contribution in [3.05, 3.63) is 30.6 Å². The Hall–Kier alpha value is -4.54. The van der Waals surface area contributed by atoms with Gasteiger partial charge in [0.25, 0.3) is 11.8 Å². The standard InChI is InChI=1S/C28H33F2N9O3/c1-4-28(7-8-28)16-42-26-36-23(24(40)33-15-27(2,29)30)35-25(37-26)39-9-5-18(6-10-39)14-41-21-11-19(12-32-22(21)31)20-13-38(3)17-34-20/h1,11-13,17-18H,5-10,14-16H2,2-3H3,(H2,31,32)(H,33,40). The molecule has 42 heavy (non-hydrogen) atoms. The summed E-state index contributed by atoms with van der Waals surface area (Å²) in [5.74, 6) is -0.258. The first kappa shape index (κ1) is 29.0. The molecule has 14 heteroatoms. The number of carbonyl (C=O) groups excluding carboxylic acids is 1. The van der Waals surface area contributed by atoms with Crippen molar-refractivity contribution in [3.8, 4) is 35.4 Å². The van der Waals surface area contributed by atoms with E-state index in [9.17, 15) is 13.6 Å². The molecule has 12 nitrogen and oxygen atoms in total. The van der Waals surface area contributed by atoms with Crippen molar-refractivity contribution in [1.82, 2.24) is 34.8 Å². The molecule has 0 unspecified atom stereocenters. The van der Waals surface area contributed by atoms with Crippen LogP contribution in [0.3, 0.4) is 0 Å². The van der Waals surface area contributed by atoms with Gasteiger partial charge in [-0.2, -0.15) is 15.0 Å². The van der Waals surface area contributed by atoms with Crippen molar-refractivity contribution in [2.45, 2.75) is 38.5 Å². The fraction of sp³-hybridized carbons (Fsp3) is 0.500. The van der Waals surface area contributed by atoms with Crippen LogP contribution in [0.4, 0.5) is 20.5 Å². The summed E-state index contributed by atoms with van der Waals surface area (Å²) in [6.45, 7) is 1.64. The number of aromatic nitrogens is 6. The van der Waals surface area contributed by atoms with Crippen molar-refractivity contribution >= 4 is 17.7 Å². The van der Waals surface area contributed by atoms with Gasteiger partial charge in [-0.25, -0.2) is 18.7 Å². The zero-order chi connectivity index (χ0) is 29.9. The van der Waals surface area contributed by atoms with Crippen LogP contribution in [0.2, 0.25) is 0 Å². The fourth-order valence-electron chi connectivity index (χ4n) is 4.43. The maximum Gasteiger partial charge on any atom is 0.322 e. The van der Waals surface area contributed by atoms with Crippen LogP contribution in [-0.4, -0.2) is 74.2 Å². The van der Waals surface area contributed by atoms with Crippen molar-refractivity contribution < 1.29 is 23.0 Å². The van der Waals surface area contributed by atoms with Crippen LogP contribution in [0.15, 0.2) is 24.8 Å². The number of halogens is 2. The number of nitrogen functional groups attached to an aromatic ring is 1. The smallest absolute Gasteiger partial charge is 0.322 e. The molecular formula is C28H33F2N9O3. The monoisotopic (exact) mass is 581 g/mol. The van der Waals surface area contributed by atoms with E-state index in [1.54, 1.807) is 12.5 Å². The number of nitrogens with zero attached hydrogens (tertiary/aromatic N) is 7. The van der Waals surface area contributed by atoms with E-state index in [0.29, 0.717) is 38.2 Å². The molecule has 1 aliphatic carbocycles. The molecule has 1 amide bonds. The molecule has 4 heterocycles. The third-order valence-electron chi connectivity index (χ3n) is 7.26. The minimum atomic E-state index is -3.08. The van der Waals surface area contributed by atoms with Crippen LogP contribution in [0, 0.1) is 23.7 Å². The summed E-state index contributed by atoms with van der Waals surface area (Å²) in [4.78, 5) is 35.9. The summed E-state index contributed by atoms with van der Waals surface area (Å²) in [6.07, 6.45) is 14.0. The van der Waals surface area contributed by atoms with E-state index in [-0.39, 0.29) is 35.7 Å². The second-order valence-electron chi connectivity index (χ2n) is 11.0. The lowest BCUT2D eigenvalue weighted by Gasteiger charge is -2.32. The van der Waals surface area contributed by atoms with Crippen LogP contribution >= 0.6 is 0 Å². The van der Waals surface area contributed by atoms with Gasteiger partial charge in [-0.05, 0) is 37.7 Å². The Bertz CT molecular complexity index is 1470. The topological polar surface area (TPSA) is 146 Å². The summed E-state index contributed by atoms with van der Waals surface area (Å²) in [6, 6.07) is 1.76. The number of nitrogens with one attached hydrogen (secondary N) is 1. The van der Waals surface area contributed by atoms with Gasteiger partial charge < -0.3 is 30.0 Å². The molecule has 222 valence electrons. The zero-order valence-electron chi connectivity index (χ0n) is 23.5. The number of piperidine rings is 1. The lowest BCUT2D eigenvalue weighted by atomic mass is 9.98. The van der Waals surface area contributed by atoms with Gasteiger partial charge in [0, 0.05) is 45.0 Å². The quantitative estimate of drug-likeness (QED) is 0.324. The van der Waals surface area contributed by atoms with E-state index in [2.05, 4.69) is 36.2 Å². The predicted octanol–water partition coefficient (Wildman–Crippen LogP) is 2.72. The molecule has 5 rings (SSSR count). The highest BCUT2D eigenvalue weighted by molar-refractivity contribution is 5.90. The Labute approximate surface area is 242 Å². The summed E-state index contributed by atoms with van der Waals surface area (Å²) < 4.78 is 40.3. The molecule has 1 aliphatic heterocycles. The van der Waals surface area contributed by atoms with Gasteiger partial charge in [-0.1, -0.05) is 5.92 Å². The number of ether oxygens (including phenoxy) is 2. The highest BCUT2D eigenvalue weighted by atomic mass is 19.3. The number of imidazole rings is 1. The number of pyridine rings is 1. The van der Waals surface area contributed by atoms with E-state index in [0.717, 1.165) is 36.9 Å². The Balaban J connectivity index is 1.23. The first-order valence-corrected chi connectivity index (χ1v) is 13.7. The summed E-state index contributed by atoms with van der Waals surface area (Å²) in [5.41, 5.74) is 7.27. The molecule has 3 aromatic rings. The molecule has 0 bridgehead atoms. The number of terminal acetylenes is 1. The molecule has 1 saturated heterocycles. The Kier molecular flexibility index (Phi) is 8.11. The number of hydrogen-bond acceptors (Lipinski definition) is 10. The van der Waals surface area contributed by atoms with E-state index < -0.39 is 18.4 Å². The van der Waals surface area contributed by atoms with E-state index in [1.807, 2.05) is 28.8 Å².